The topological polar surface area (TPSA) is 101 Å². The fourth-order valence-electron chi connectivity index (χ4n) is 4.60. The van der Waals surface area contributed by atoms with Crippen molar-refractivity contribution in [2.24, 2.45) is 0 Å². The lowest BCUT2D eigenvalue weighted by Crippen LogP contribution is -2.44. The van der Waals surface area contributed by atoms with Crippen molar-refractivity contribution in [3.63, 3.8) is 0 Å². The number of aryl methyl sites for hydroxylation is 1. The summed E-state index contributed by atoms with van der Waals surface area (Å²) < 4.78 is 73.8. The number of hydrogen-bond donors (Lipinski definition) is 3. The average Bonchev–Trinajstić information content (AvgIpc) is 3.28. The Morgan fingerprint density at radius 3 is 2.63 bits per heavy atom. The van der Waals surface area contributed by atoms with Gasteiger partial charge in [0, 0.05) is 48.1 Å². The number of nitrogens with zero attached hydrogens (tertiary/aromatic N) is 3. The predicted octanol–water partition coefficient (Wildman–Crippen LogP) is 6.30. The number of carbonyl (C=O) groups excluding carboxylic acids is 1. The number of carbonyl (C=O) groups is 1. The Morgan fingerprint density at radius 2 is 1.90 bits per heavy atom. The molecule has 2 aromatic carbocycles. The largest absolute Gasteiger partial charge is 0.436 e. The number of ether oxygens (including phenoxy) is 1. The molecule has 3 N–H and O–H groups in total. The maximum absolute atomic E-state index is 15.6. The van der Waals surface area contributed by atoms with Gasteiger partial charge in [-0.1, -0.05) is 24.3 Å². The minimum atomic E-state index is -4.74. The quantitative estimate of drug-likeness (QED) is 0.217. The molecule has 3 heterocycles. The highest BCUT2D eigenvalue weighted by molar-refractivity contribution is 7.15. The normalized spacial score (nSPS) is 17.4. The van der Waals surface area contributed by atoms with Crippen molar-refractivity contribution >= 4 is 39.7 Å². The molecule has 5 rings (SSSR count). The molecule has 2 atom stereocenters. The second-order valence-corrected chi connectivity index (χ2v) is 10.8. The van der Waals surface area contributed by atoms with Crippen molar-refractivity contribution in [2.45, 2.75) is 45.1 Å². The van der Waals surface area contributed by atoms with E-state index >= 15 is 4.39 Å². The van der Waals surface area contributed by atoms with Gasteiger partial charge in [-0.2, -0.15) is 13.2 Å². The van der Waals surface area contributed by atoms with Crippen LogP contribution in [-0.4, -0.2) is 52.3 Å². The number of benzene rings is 2. The fourth-order valence-corrected chi connectivity index (χ4v) is 5.42. The molecule has 216 valence electrons. The SMILES string of the molecule is Cc1nc(Oc2c(C)c(F)c(NC(=O)CC(F)(F)F)c3ccccc23)c(-c2ccnc(N[C@@H]3CNC[C@@H](F)C3)n2)s1. The first-order valence-electron chi connectivity index (χ1n) is 12.7. The average molecular weight is 593 g/mol. The smallest absolute Gasteiger partial charge is 0.397 e. The van der Waals surface area contributed by atoms with E-state index in [-0.39, 0.29) is 34.3 Å². The maximum Gasteiger partial charge on any atom is 0.397 e. The third kappa shape index (κ3) is 6.54. The van der Waals surface area contributed by atoms with Crippen LogP contribution in [-0.2, 0) is 4.79 Å². The van der Waals surface area contributed by atoms with Gasteiger partial charge in [0.25, 0.3) is 0 Å². The monoisotopic (exact) mass is 592 g/mol. The molecule has 0 aliphatic carbocycles. The van der Waals surface area contributed by atoms with Gasteiger partial charge in [-0.15, -0.1) is 11.3 Å². The first-order valence-corrected chi connectivity index (χ1v) is 13.5. The highest BCUT2D eigenvalue weighted by Crippen LogP contribution is 2.43. The predicted molar refractivity (Wildman–Crippen MR) is 146 cm³/mol. The summed E-state index contributed by atoms with van der Waals surface area (Å²) in [4.78, 5) is 25.8. The lowest BCUT2D eigenvalue weighted by Gasteiger charge is -2.26. The Morgan fingerprint density at radius 1 is 1.15 bits per heavy atom. The molecule has 1 aliphatic heterocycles. The van der Waals surface area contributed by atoms with Gasteiger partial charge in [-0.05, 0) is 19.9 Å². The van der Waals surface area contributed by atoms with E-state index in [1.807, 2.05) is 0 Å². The van der Waals surface area contributed by atoms with Crippen LogP contribution in [0.15, 0.2) is 36.5 Å². The standard InChI is InChI=1S/C27H25F5N6O2S/c1-13-21(29)22(38-20(39)10-27(30,31)32)17-5-3-4-6-18(17)23(13)40-25-24(41-14(2)35-25)19-7-8-34-26(37-19)36-16-9-15(28)11-33-12-16/h3-8,15-16,33H,9-12H2,1-2H3,(H,38,39)(H,34,36,37)/t15-,16-/m0/s1. The van der Waals surface area contributed by atoms with Crippen LogP contribution in [0, 0.1) is 19.7 Å². The zero-order valence-electron chi connectivity index (χ0n) is 21.9. The van der Waals surface area contributed by atoms with Gasteiger partial charge >= 0.3 is 6.18 Å². The molecule has 1 aliphatic rings. The van der Waals surface area contributed by atoms with Gasteiger partial charge in [0.1, 0.15) is 23.2 Å². The number of fused-ring (bicyclic) bond motifs is 1. The van der Waals surface area contributed by atoms with E-state index in [0.29, 0.717) is 46.4 Å². The number of halogens is 5. The van der Waals surface area contributed by atoms with Gasteiger partial charge in [-0.25, -0.2) is 23.7 Å². The molecule has 1 saturated heterocycles. The van der Waals surface area contributed by atoms with E-state index in [2.05, 4.69) is 30.9 Å². The van der Waals surface area contributed by atoms with E-state index in [9.17, 15) is 22.4 Å². The third-order valence-corrected chi connectivity index (χ3v) is 7.35. The van der Waals surface area contributed by atoms with E-state index < -0.39 is 30.5 Å². The van der Waals surface area contributed by atoms with Gasteiger partial charge in [-0.3, -0.25) is 4.79 Å². The number of piperidine rings is 1. The first-order chi connectivity index (χ1) is 19.5. The Labute approximate surface area is 235 Å². The van der Waals surface area contributed by atoms with Gasteiger partial charge < -0.3 is 20.7 Å². The molecule has 2 aromatic heterocycles. The van der Waals surface area contributed by atoms with Crippen molar-refractivity contribution in [1.82, 2.24) is 20.3 Å². The third-order valence-electron chi connectivity index (χ3n) is 6.38. The summed E-state index contributed by atoms with van der Waals surface area (Å²) in [6.07, 6.45) is -5.60. The van der Waals surface area contributed by atoms with Crippen molar-refractivity contribution in [3.05, 3.63) is 52.9 Å². The van der Waals surface area contributed by atoms with Crippen LogP contribution in [0.1, 0.15) is 23.4 Å². The molecule has 0 spiro atoms. The summed E-state index contributed by atoms with van der Waals surface area (Å²) in [6.45, 7) is 4.03. The van der Waals surface area contributed by atoms with E-state index in [4.69, 9.17) is 4.74 Å². The minimum absolute atomic E-state index is 0.0294. The summed E-state index contributed by atoms with van der Waals surface area (Å²) >= 11 is 1.29. The van der Waals surface area contributed by atoms with Crippen LogP contribution >= 0.6 is 11.3 Å². The van der Waals surface area contributed by atoms with Crippen LogP contribution in [0.2, 0.25) is 0 Å². The number of rotatable bonds is 7. The zero-order chi connectivity index (χ0) is 29.3. The van der Waals surface area contributed by atoms with Crippen molar-refractivity contribution in [3.8, 4) is 22.2 Å². The van der Waals surface area contributed by atoms with Crippen LogP contribution in [0.4, 0.5) is 33.6 Å². The molecule has 1 fully saturated rings. The van der Waals surface area contributed by atoms with Crippen LogP contribution in [0.5, 0.6) is 11.6 Å². The second kappa shape index (κ2) is 11.5. The Kier molecular flexibility index (Phi) is 8.04. The van der Waals surface area contributed by atoms with Gasteiger partial charge in [0.05, 0.1) is 16.4 Å². The fraction of sp³-hybridized carbons (Fsp3) is 0.333. The second-order valence-electron chi connectivity index (χ2n) is 9.60. The van der Waals surface area contributed by atoms with E-state index in [1.165, 1.54) is 24.3 Å². The number of thiazole rings is 1. The molecule has 1 amide bonds. The molecule has 8 nitrogen and oxygen atoms in total. The summed E-state index contributed by atoms with van der Waals surface area (Å²) in [7, 11) is 0. The Bertz CT molecular complexity index is 1590. The van der Waals surface area contributed by atoms with Crippen LogP contribution in [0.25, 0.3) is 21.3 Å². The lowest BCUT2D eigenvalue weighted by atomic mass is 10.0. The molecule has 0 saturated carbocycles. The van der Waals surface area contributed by atoms with Gasteiger partial charge in [0.2, 0.25) is 17.7 Å². The number of aromatic nitrogens is 3. The van der Waals surface area contributed by atoms with E-state index in [0.717, 1.165) is 0 Å². The summed E-state index contributed by atoms with van der Waals surface area (Å²) in [6, 6.07) is 7.78. The van der Waals surface area contributed by atoms with Crippen molar-refractivity contribution in [1.29, 1.82) is 0 Å². The maximum atomic E-state index is 15.6. The molecule has 0 radical (unpaired) electrons. The molecular formula is C27H25F5N6O2S. The summed E-state index contributed by atoms with van der Waals surface area (Å²) in [5.41, 5.74) is 0.0778. The van der Waals surface area contributed by atoms with Crippen LogP contribution < -0.4 is 20.7 Å². The Hall–Kier alpha value is -3.91. The van der Waals surface area contributed by atoms with Crippen molar-refractivity contribution in [2.75, 3.05) is 23.7 Å². The van der Waals surface area contributed by atoms with Crippen molar-refractivity contribution < 1.29 is 31.5 Å². The van der Waals surface area contributed by atoms with Crippen LogP contribution in [0.3, 0.4) is 0 Å². The number of hydrogen-bond acceptors (Lipinski definition) is 8. The number of anilines is 2. The highest BCUT2D eigenvalue weighted by Gasteiger charge is 2.32. The first kappa shape index (κ1) is 28.6. The Balaban J connectivity index is 1.48. The number of nitrogens with one attached hydrogen (secondary N) is 3. The summed E-state index contributed by atoms with van der Waals surface area (Å²) in [5, 5.41) is 9.39. The van der Waals surface area contributed by atoms with E-state index in [1.54, 1.807) is 37.4 Å². The highest BCUT2D eigenvalue weighted by atomic mass is 32.1. The minimum Gasteiger partial charge on any atom is -0.436 e. The zero-order valence-corrected chi connectivity index (χ0v) is 22.7. The molecular weight excluding hydrogens is 567 g/mol. The summed E-state index contributed by atoms with van der Waals surface area (Å²) in [5.74, 6) is -1.78. The number of amides is 1. The lowest BCUT2D eigenvalue weighted by molar-refractivity contribution is -0.150. The molecule has 0 unspecified atom stereocenters. The molecule has 0 bridgehead atoms. The molecule has 4 aromatic rings. The van der Waals surface area contributed by atoms with Gasteiger partial charge in [0.15, 0.2) is 5.82 Å². The molecule has 14 heteroatoms. The number of alkyl halides is 4. The molecule has 41 heavy (non-hydrogen) atoms.